The van der Waals surface area contributed by atoms with Crippen LogP contribution in [-0.2, 0) is 43.2 Å². The maximum Gasteiger partial charge on any atom is 0.355 e. The van der Waals surface area contributed by atoms with Gasteiger partial charge in [-0.1, -0.05) is 33.8 Å². The Labute approximate surface area is 373 Å². The number of ether oxygens (including phenoxy) is 2. The fraction of sp³-hybridized carbons (Fsp3) is 0.565. The monoisotopic (exact) mass is 885 g/mol. The van der Waals surface area contributed by atoms with Crippen LogP contribution in [0.4, 0.5) is 4.79 Å². The summed E-state index contributed by atoms with van der Waals surface area (Å²) < 4.78 is 14.0. The van der Waals surface area contributed by atoms with E-state index in [0.29, 0.717) is 37.5 Å². The Kier molecular flexibility index (Phi) is 13.6. The molecule has 1 aromatic carbocycles. The summed E-state index contributed by atoms with van der Waals surface area (Å²) in [6, 6.07) is 8.00. The Hall–Kier alpha value is -4.94. The van der Waals surface area contributed by atoms with Gasteiger partial charge in [0.15, 0.2) is 0 Å². The Morgan fingerprint density at radius 3 is 2.57 bits per heavy atom. The van der Waals surface area contributed by atoms with Gasteiger partial charge >= 0.3 is 12.0 Å². The molecule has 4 atom stereocenters. The number of thiazole rings is 1. The molecule has 4 amide bonds. The molecule has 0 radical (unpaired) electrons. The molecule has 0 aliphatic carbocycles. The number of pyridine rings is 1. The predicted octanol–water partition coefficient (Wildman–Crippen LogP) is 4.85. The first-order valence-corrected chi connectivity index (χ1v) is 22.9. The number of carbonyl (C=O) groups is 4. The molecule has 3 N–H and O–H groups in total. The van der Waals surface area contributed by atoms with Crippen molar-refractivity contribution in [2.45, 2.75) is 97.7 Å². The molecule has 0 spiro atoms. The number of esters is 1. The minimum absolute atomic E-state index is 0.00983. The number of rotatable bonds is 8. The number of hydrogen-bond acceptors (Lipinski definition) is 12. The zero-order valence-corrected chi connectivity index (χ0v) is 38.9. The lowest BCUT2D eigenvalue weighted by Gasteiger charge is -2.40. The van der Waals surface area contributed by atoms with E-state index < -0.39 is 41.0 Å². The number of fused-ring (bicyclic) bond motifs is 6. The molecule has 0 unspecified atom stereocenters. The number of piperazine rings is 1. The van der Waals surface area contributed by atoms with Crippen LogP contribution in [0.1, 0.15) is 76.8 Å². The fourth-order valence-corrected chi connectivity index (χ4v) is 9.98. The molecule has 7 rings (SSSR count). The Morgan fingerprint density at radius 2 is 1.87 bits per heavy atom. The average Bonchev–Trinajstić information content (AvgIpc) is 3.85. The van der Waals surface area contributed by atoms with Crippen LogP contribution in [0.2, 0.25) is 0 Å². The predicted molar refractivity (Wildman–Crippen MR) is 241 cm³/mol. The normalized spacial score (nSPS) is 22.1. The van der Waals surface area contributed by atoms with Gasteiger partial charge in [-0.2, -0.15) is 5.43 Å². The summed E-state index contributed by atoms with van der Waals surface area (Å²) in [5, 5.41) is 19.6. The Morgan fingerprint density at radius 1 is 1.13 bits per heavy atom. The van der Waals surface area contributed by atoms with Gasteiger partial charge < -0.3 is 39.2 Å². The number of aliphatic hydroxyl groups is 1. The van der Waals surface area contributed by atoms with Crippen molar-refractivity contribution in [1.29, 1.82) is 0 Å². The number of nitrogens with zero attached hydrogens (tertiary/aromatic N) is 7. The second kappa shape index (κ2) is 18.6. The Bertz CT molecular complexity index is 2340. The fourth-order valence-electron chi connectivity index (χ4n) is 9.13. The zero-order valence-electron chi connectivity index (χ0n) is 38.1. The standard InChI is InChI=1S/C46H63N9O7S/c1-10-54-36-15-14-30-23-32(36)33(40(54)31-13-11-17-47-38(31)29(4)61-9)25-45(5,6)27-62-43(58)46(60)16-12-18-55(50-46)42(57)34(24-37-48-35(30)26-63-37)49-41(56)39(28(2)3)52(8)44(59)53-21-19-51(7)20-22-53/h11,13-15,17,23,26,28-29,34,39,50,60H,10,12,16,18-22,24-25,27H2,1-9H3,(H,49,56)/t29-,34-,39-,46-/m0/s1. The summed E-state index contributed by atoms with van der Waals surface area (Å²) in [5.41, 5.74) is 6.39. The van der Waals surface area contributed by atoms with Gasteiger partial charge in [-0.25, -0.2) is 14.6 Å². The van der Waals surface area contributed by atoms with Gasteiger partial charge in [-0.05, 0) is 69.5 Å². The quantitative estimate of drug-likeness (QED) is 0.207. The maximum absolute atomic E-state index is 14.6. The molecule has 63 heavy (non-hydrogen) atoms. The van der Waals surface area contributed by atoms with Crippen molar-refractivity contribution in [2.75, 3.05) is 60.5 Å². The van der Waals surface area contributed by atoms with E-state index in [1.165, 1.54) is 21.2 Å². The van der Waals surface area contributed by atoms with Gasteiger partial charge in [0, 0.05) is 105 Å². The van der Waals surface area contributed by atoms with Gasteiger partial charge in [-0.3, -0.25) is 19.6 Å². The number of amides is 4. The van der Waals surface area contributed by atoms with E-state index in [4.69, 9.17) is 19.4 Å². The molecule has 16 nitrogen and oxygen atoms in total. The number of methoxy groups -OCH3 is 1. The molecular formula is C46H63N9O7S. The van der Waals surface area contributed by atoms with Gasteiger partial charge in [-0.15, -0.1) is 11.3 Å². The lowest BCUT2D eigenvalue weighted by Crippen LogP contribution is -2.67. The summed E-state index contributed by atoms with van der Waals surface area (Å²) in [5.74, 6) is -2.24. The third-order valence-corrected chi connectivity index (χ3v) is 13.5. The van der Waals surface area contributed by atoms with Crippen LogP contribution >= 0.6 is 11.3 Å². The molecule has 17 heteroatoms. The van der Waals surface area contributed by atoms with Gasteiger partial charge in [0.1, 0.15) is 12.1 Å². The summed E-state index contributed by atoms with van der Waals surface area (Å²) in [4.78, 5) is 71.8. The van der Waals surface area contributed by atoms with Crippen molar-refractivity contribution >= 4 is 46.1 Å². The first kappa shape index (κ1) is 46.1. The number of aryl methyl sites for hydroxylation is 1. The molecule has 3 aromatic heterocycles. The number of nitrogens with one attached hydrogen (secondary N) is 2. The van der Waals surface area contributed by atoms with Crippen LogP contribution in [0.5, 0.6) is 0 Å². The van der Waals surface area contributed by atoms with Crippen molar-refractivity contribution in [3.05, 3.63) is 58.2 Å². The molecular weight excluding hydrogens is 823 g/mol. The highest BCUT2D eigenvalue weighted by Crippen LogP contribution is 2.42. The average molecular weight is 886 g/mol. The number of urea groups is 1. The van der Waals surface area contributed by atoms with Gasteiger partial charge in [0.25, 0.3) is 5.91 Å². The summed E-state index contributed by atoms with van der Waals surface area (Å²) in [6.45, 7) is 15.2. The van der Waals surface area contributed by atoms with E-state index in [1.807, 2.05) is 53.1 Å². The number of aromatic nitrogens is 3. The highest BCUT2D eigenvalue weighted by atomic mass is 32.1. The highest BCUT2D eigenvalue weighted by Gasteiger charge is 2.46. The third kappa shape index (κ3) is 9.48. The smallest absolute Gasteiger partial charge is 0.355 e. The number of carbonyl (C=O) groups excluding carboxylic acids is 4. The molecule has 3 aliphatic heterocycles. The third-order valence-electron chi connectivity index (χ3n) is 12.6. The number of hydrogen-bond donors (Lipinski definition) is 3. The van der Waals surface area contributed by atoms with E-state index in [2.05, 4.69) is 51.4 Å². The molecule has 6 bridgehead atoms. The van der Waals surface area contributed by atoms with Crippen LogP contribution in [0.25, 0.3) is 33.4 Å². The molecule has 6 heterocycles. The van der Waals surface area contributed by atoms with E-state index in [0.717, 1.165) is 57.8 Å². The molecule has 3 aliphatic rings. The van der Waals surface area contributed by atoms with Crippen molar-refractivity contribution in [3.8, 4) is 22.5 Å². The van der Waals surface area contributed by atoms with Crippen molar-refractivity contribution < 1.29 is 33.8 Å². The molecule has 340 valence electrons. The lowest BCUT2D eigenvalue weighted by molar-refractivity contribution is -0.189. The summed E-state index contributed by atoms with van der Waals surface area (Å²) in [7, 11) is 5.30. The molecule has 2 fully saturated rings. The topological polar surface area (TPSA) is 175 Å². The van der Waals surface area contributed by atoms with Crippen LogP contribution in [0.15, 0.2) is 41.9 Å². The largest absolute Gasteiger partial charge is 0.462 e. The lowest BCUT2D eigenvalue weighted by atomic mass is 9.84. The summed E-state index contributed by atoms with van der Waals surface area (Å²) >= 11 is 1.38. The van der Waals surface area contributed by atoms with E-state index in [9.17, 15) is 24.3 Å². The van der Waals surface area contributed by atoms with Crippen LogP contribution in [0, 0.1) is 11.3 Å². The summed E-state index contributed by atoms with van der Waals surface area (Å²) in [6.07, 6.45) is 2.33. The van der Waals surface area contributed by atoms with E-state index in [1.54, 1.807) is 25.3 Å². The highest BCUT2D eigenvalue weighted by molar-refractivity contribution is 7.10. The number of cyclic esters (lactones) is 1. The molecule has 4 aromatic rings. The van der Waals surface area contributed by atoms with Crippen LogP contribution in [0.3, 0.4) is 0 Å². The van der Waals surface area contributed by atoms with Crippen molar-refractivity contribution in [3.63, 3.8) is 0 Å². The first-order valence-electron chi connectivity index (χ1n) is 22.0. The zero-order chi connectivity index (χ0) is 45.4. The van der Waals surface area contributed by atoms with Crippen molar-refractivity contribution in [1.82, 2.24) is 45.0 Å². The van der Waals surface area contributed by atoms with Crippen molar-refractivity contribution in [2.24, 2.45) is 11.3 Å². The Balaban J connectivity index is 1.30. The van der Waals surface area contributed by atoms with E-state index >= 15 is 0 Å². The number of hydrazine groups is 1. The van der Waals surface area contributed by atoms with Crippen LogP contribution in [-0.4, -0.2) is 142 Å². The SMILES string of the molecule is CCn1c(-c2cccnc2[C@H](C)OC)c2c3cc(ccc31)-c1csc(n1)C[C@H](NC(=O)[C@H](C(C)C)N(C)C(=O)N1CCN(C)CC1)C(=O)N1CCC[C@@](O)(N1)C(=O)OCC(C)(C)C2. The molecule has 0 saturated carbocycles. The minimum atomic E-state index is -2.20. The second-order valence-electron chi connectivity index (χ2n) is 18.4. The van der Waals surface area contributed by atoms with Gasteiger partial charge in [0.2, 0.25) is 11.6 Å². The molecule has 2 saturated heterocycles. The first-order chi connectivity index (χ1) is 29.9. The number of benzene rings is 1. The van der Waals surface area contributed by atoms with Gasteiger partial charge in [0.05, 0.1) is 34.8 Å². The number of likely N-dealkylation sites (N-methyl/N-ethyl adjacent to an activating group) is 2. The van der Waals surface area contributed by atoms with Crippen LogP contribution < -0.4 is 10.7 Å². The maximum atomic E-state index is 14.6. The minimum Gasteiger partial charge on any atom is -0.462 e. The second-order valence-corrected chi connectivity index (χ2v) is 19.3. The van der Waals surface area contributed by atoms with E-state index in [-0.39, 0.29) is 44.0 Å².